The largest absolute Gasteiger partial charge is 0.399 e. The second kappa shape index (κ2) is 5.80. The van der Waals surface area contributed by atoms with E-state index in [1.165, 1.54) is 0 Å². The van der Waals surface area contributed by atoms with Crippen LogP contribution in [0.1, 0.15) is 30.1 Å². The maximum atomic E-state index is 11.9. The molecule has 0 aliphatic heterocycles. The molecule has 1 amide bonds. The van der Waals surface area contributed by atoms with Crippen molar-refractivity contribution in [1.29, 1.82) is 0 Å². The lowest BCUT2D eigenvalue weighted by Crippen LogP contribution is -2.34. The molecule has 0 fully saturated rings. The number of terminal acetylenes is 1. The first-order valence-corrected chi connectivity index (χ1v) is 5.50. The summed E-state index contributed by atoms with van der Waals surface area (Å²) in [6.07, 6.45) is 6.99. The summed E-state index contributed by atoms with van der Waals surface area (Å²) < 4.78 is 0. The van der Waals surface area contributed by atoms with Crippen LogP contribution in [0.15, 0.2) is 18.2 Å². The minimum atomic E-state index is -0.265. The molecule has 4 nitrogen and oxygen atoms in total. The SMILES string of the molecule is C#CC(CCC)NC(=O)c1ccc(N)cc1N. The molecule has 1 atom stereocenters. The minimum absolute atomic E-state index is 0.260. The number of benzene rings is 1. The summed E-state index contributed by atoms with van der Waals surface area (Å²) in [7, 11) is 0. The van der Waals surface area contributed by atoms with Gasteiger partial charge in [-0.1, -0.05) is 19.3 Å². The Morgan fingerprint density at radius 3 is 2.76 bits per heavy atom. The zero-order valence-electron chi connectivity index (χ0n) is 9.86. The van der Waals surface area contributed by atoms with Gasteiger partial charge in [0.25, 0.3) is 5.91 Å². The summed E-state index contributed by atoms with van der Waals surface area (Å²) in [5.41, 5.74) is 12.6. The molecule has 1 aromatic rings. The van der Waals surface area contributed by atoms with Crippen molar-refractivity contribution in [3.63, 3.8) is 0 Å². The molecule has 4 heteroatoms. The highest BCUT2D eigenvalue weighted by Crippen LogP contribution is 2.15. The van der Waals surface area contributed by atoms with Crippen molar-refractivity contribution in [3.8, 4) is 12.3 Å². The van der Waals surface area contributed by atoms with E-state index in [1.807, 2.05) is 6.92 Å². The third-order valence-corrected chi connectivity index (χ3v) is 2.40. The normalized spacial score (nSPS) is 11.5. The summed E-state index contributed by atoms with van der Waals surface area (Å²) in [6, 6.07) is 4.53. The average molecular weight is 231 g/mol. The first kappa shape index (κ1) is 12.9. The lowest BCUT2D eigenvalue weighted by atomic mass is 10.1. The van der Waals surface area contributed by atoms with Crippen molar-refractivity contribution in [2.45, 2.75) is 25.8 Å². The number of amides is 1. The summed E-state index contributed by atoms with van der Waals surface area (Å²) in [6.45, 7) is 2.01. The van der Waals surface area contributed by atoms with E-state index in [9.17, 15) is 4.79 Å². The van der Waals surface area contributed by atoms with Gasteiger partial charge in [0.05, 0.1) is 11.6 Å². The molecule has 0 aromatic heterocycles. The molecule has 0 aliphatic carbocycles. The van der Waals surface area contributed by atoms with Crippen molar-refractivity contribution in [3.05, 3.63) is 23.8 Å². The van der Waals surface area contributed by atoms with E-state index in [-0.39, 0.29) is 11.9 Å². The first-order valence-electron chi connectivity index (χ1n) is 5.50. The molecular weight excluding hydrogens is 214 g/mol. The number of nitrogens with two attached hydrogens (primary N) is 2. The molecule has 0 heterocycles. The smallest absolute Gasteiger partial charge is 0.254 e. The molecule has 90 valence electrons. The predicted molar refractivity (Wildman–Crippen MR) is 70.3 cm³/mol. The van der Waals surface area contributed by atoms with Gasteiger partial charge in [-0.25, -0.2) is 0 Å². The standard InChI is InChI=1S/C13H17N3O/c1-3-5-10(4-2)16-13(17)11-7-6-9(14)8-12(11)15/h2,6-8,10H,3,5,14-15H2,1H3,(H,16,17). The van der Waals surface area contributed by atoms with Gasteiger partial charge < -0.3 is 16.8 Å². The second-order valence-corrected chi connectivity index (χ2v) is 3.83. The molecule has 0 radical (unpaired) electrons. The molecule has 1 rings (SSSR count). The van der Waals surface area contributed by atoms with E-state index in [1.54, 1.807) is 18.2 Å². The molecule has 1 aromatic carbocycles. The fraction of sp³-hybridized carbons (Fsp3) is 0.308. The number of carbonyl (C=O) groups is 1. The van der Waals surface area contributed by atoms with Crippen molar-refractivity contribution in [2.75, 3.05) is 11.5 Å². The Hall–Kier alpha value is -2.15. The summed E-state index contributed by atoms with van der Waals surface area (Å²) in [5.74, 6) is 2.27. The summed E-state index contributed by atoms with van der Waals surface area (Å²) >= 11 is 0. The molecule has 1 unspecified atom stereocenters. The number of carbonyl (C=O) groups excluding carboxylic acids is 1. The van der Waals surface area contributed by atoms with E-state index in [2.05, 4.69) is 11.2 Å². The average Bonchev–Trinajstić information content (AvgIpc) is 2.28. The lowest BCUT2D eigenvalue weighted by molar-refractivity contribution is 0.0945. The molecule has 0 saturated heterocycles. The molecular formula is C13H17N3O. The van der Waals surface area contributed by atoms with Gasteiger partial charge in [0, 0.05) is 11.4 Å². The number of nitrogen functional groups attached to an aromatic ring is 2. The molecule has 5 N–H and O–H groups in total. The van der Waals surface area contributed by atoms with E-state index in [4.69, 9.17) is 17.9 Å². The van der Waals surface area contributed by atoms with Crippen LogP contribution in [-0.4, -0.2) is 11.9 Å². The van der Waals surface area contributed by atoms with Crippen LogP contribution in [-0.2, 0) is 0 Å². The zero-order valence-corrected chi connectivity index (χ0v) is 9.86. The Labute approximate surface area is 101 Å². The minimum Gasteiger partial charge on any atom is -0.399 e. The third kappa shape index (κ3) is 3.42. The monoisotopic (exact) mass is 231 g/mol. The first-order chi connectivity index (χ1) is 8.08. The number of rotatable bonds is 4. The van der Waals surface area contributed by atoms with Crippen molar-refractivity contribution in [1.82, 2.24) is 5.32 Å². The number of anilines is 2. The van der Waals surface area contributed by atoms with Crippen LogP contribution in [0.25, 0.3) is 0 Å². The molecule has 0 saturated carbocycles. The fourth-order valence-electron chi connectivity index (χ4n) is 1.51. The summed E-state index contributed by atoms with van der Waals surface area (Å²) in [4.78, 5) is 11.9. The lowest BCUT2D eigenvalue weighted by Gasteiger charge is -2.13. The van der Waals surface area contributed by atoms with Crippen LogP contribution in [0.4, 0.5) is 11.4 Å². The van der Waals surface area contributed by atoms with Crippen molar-refractivity contribution in [2.24, 2.45) is 0 Å². The highest BCUT2D eigenvalue weighted by molar-refractivity contribution is 6.00. The Balaban J connectivity index is 2.79. The van der Waals surface area contributed by atoms with E-state index < -0.39 is 0 Å². The van der Waals surface area contributed by atoms with Gasteiger partial charge in [-0.05, 0) is 24.6 Å². The topological polar surface area (TPSA) is 81.1 Å². The molecule has 17 heavy (non-hydrogen) atoms. The highest BCUT2D eigenvalue weighted by Gasteiger charge is 2.13. The van der Waals surface area contributed by atoms with Gasteiger partial charge in [-0.2, -0.15) is 0 Å². The number of hydrogen-bond donors (Lipinski definition) is 3. The molecule has 0 aliphatic rings. The van der Waals surface area contributed by atoms with Crippen LogP contribution < -0.4 is 16.8 Å². The number of nitrogens with one attached hydrogen (secondary N) is 1. The van der Waals surface area contributed by atoms with Gasteiger partial charge in [0.2, 0.25) is 0 Å². The van der Waals surface area contributed by atoms with Gasteiger partial charge >= 0.3 is 0 Å². The van der Waals surface area contributed by atoms with E-state index in [0.717, 1.165) is 12.8 Å². The second-order valence-electron chi connectivity index (χ2n) is 3.83. The Kier molecular flexibility index (Phi) is 4.41. The maximum Gasteiger partial charge on any atom is 0.254 e. The van der Waals surface area contributed by atoms with Gasteiger partial charge in [-0.3, -0.25) is 4.79 Å². The Morgan fingerprint density at radius 1 is 1.53 bits per heavy atom. The van der Waals surface area contributed by atoms with E-state index in [0.29, 0.717) is 16.9 Å². The maximum absolute atomic E-state index is 11.9. The highest BCUT2D eigenvalue weighted by atomic mass is 16.1. The Morgan fingerprint density at radius 2 is 2.24 bits per heavy atom. The van der Waals surface area contributed by atoms with Crippen LogP contribution in [0.5, 0.6) is 0 Å². The van der Waals surface area contributed by atoms with Gasteiger partial charge in [-0.15, -0.1) is 6.42 Å². The zero-order chi connectivity index (χ0) is 12.8. The third-order valence-electron chi connectivity index (χ3n) is 2.40. The molecule has 0 bridgehead atoms. The molecule has 0 spiro atoms. The van der Waals surface area contributed by atoms with Crippen LogP contribution in [0.3, 0.4) is 0 Å². The summed E-state index contributed by atoms with van der Waals surface area (Å²) in [5, 5.41) is 2.75. The predicted octanol–water partition coefficient (Wildman–Crippen LogP) is 1.38. The number of hydrogen-bond acceptors (Lipinski definition) is 3. The fourth-order valence-corrected chi connectivity index (χ4v) is 1.51. The Bertz CT molecular complexity index is 448. The van der Waals surface area contributed by atoms with E-state index >= 15 is 0 Å². The van der Waals surface area contributed by atoms with Crippen molar-refractivity contribution < 1.29 is 4.79 Å². The van der Waals surface area contributed by atoms with Gasteiger partial charge in [0.1, 0.15) is 0 Å². The van der Waals surface area contributed by atoms with Gasteiger partial charge in [0.15, 0.2) is 0 Å². The van der Waals surface area contributed by atoms with Crippen LogP contribution in [0.2, 0.25) is 0 Å². The van der Waals surface area contributed by atoms with Crippen molar-refractivity contribution >= 4 is 17.3 Å². The van der Waals surface area contributed by atoms with Crippen LogP contribution in [0, 0.1) is 12.3 Å². The van der Waals surface area contributed by atoms with Crippen LogP contribution >= 0.6 is 0 Å². The quantitative estimate of drug-likeness (QED) is 0.541.